The predicted octanol–water partition coefficient (Wildman–Crippen LogP) is 6.72. The maximum absolute atomic E-state index is 14.4. The summed E-state index contributed by atoms with van der Waals surface area (Å²) in [7, 11) is 0. The number of hydrogen-bond donors (Lipinski definition) is 2. The van der Waals surface area contributed by atoms with E-state index in [1.165, 1.54) is 18.2 Å². The molecule has 192 valence electrons. The Bertz CT molecular complexity index is 1620. The van der Waals surface area contributed by atoms with E-state index in [0.29, 0.717) is 21.4 Å². The summed E-state index contributed by atoms with van der Waals surface area (Å²) in [5, 5.41) is 15.1. The summed E-state index contributed by atoms with van der Waals surface area (Å²) in [6, 6.07) is 12.3. The van der Waals surface area contributed by atoms with Crippen LogP contribution in [-0.2, 0) is 11.0 Å². The number of nitrogens with one attached hydrogen (secondary N) is 2. The van der Waals surface area contributed by atoms with Gasteiger partial charge in [-0.2, -0.15) is 18.4 Å². The molecule has 1 heterocycles. The molecule has 2 amide bonds. The zero-order chi connectivity index (χ0) is 27.0. The van der Waals surface area contributed by atoms with Crippen LogP contribution in [0.1, 0.15) is 34.3 Å². The van der Waals surface area contributed by atoms with Gasteiger partial charge in [0.1, 0.15) is 28.9 Å². The highest BCUT2D eigenvalue weighted by Gasteiger charge is 2.31. The molecule has 38 heavy (non-hydrogen) atoms. The Kier molecular flexibility index (Phi) is 6.46. The molecule has 0 bridgehead atoms. The number of amides is 2. The summed E-state index contributed by atoms with van der Waals surface area (Å²) >= 11 is 1.12. The number of anilines is 2. The van der Waals surface area contributed by atoms with Crippen molar-refractivity contribution >= 4 is 44.2 Å². The van der Waals surface area contributed by atoms with E-state index in [4.69, 9.17) is 4.74 Å². The van der Waals surface area contributed by atoms with Gasteiger partial charge in [-0.15, -0.1) is 0 Å². The molecule has 1 aliphatic rings. The monoisotopic (exact) mass is 540 g/mol. The first kappa shape index (κ1) is 25.2. The Morgan fingerprint density at radius 3 is 2.58 bits per heavy atom. The zero-order valence-electron chi connectivity index (χ0n) is 19.2. The number of fused-ring (bicyclic) bond motifs is 1. The first-order valence-electron chi connectivity index (χ1n) is 11.2. The molecule has 1 saturated carbocycles. The number of carbonyl (C=O) groups is 2. The number of halogens is 4. The van der Waals surface area contributed by atoms with Gasteiger partial charge in [-0.1, -0.05) is 17.4 Å². The lowest BCUT2D eigenvalue weighted by Crippen LogP contribution is -2.14. The number of hydrogen-bond acceptors (Lipinski definition) is 6. The first-order valence-corrected chi connectivity index (χ1v) is 12.0. The van der Waals surface area contributed by atoms with Gasteiger partial charge >= 0.3 is 6.18 Å². The third-order valence-electron chi connectivity index (χ3n) is 5.68. The summed E-state index contributed by atoms with van der Waals surface area (Å²) in [5.41, 5.74) is -1.02. The van der Waals surface area contributed by atoms with Crippen molar-refractivity contribution in [2.24, 2.45) is 5.92 Å². The van der Waals surface area contributed by atoms with E-state index in [1.807, 2.05) is 0 Å². The van der Waals surface area contributed by atoms with E-state index < -0.39 is 23.5 Å². The third-order valence-corrected chi connectivity index (χ3v) is 6.68. The number of benzene rings is 3. The Morgan fingerprint density at radius 2 is 1.87 bits per heavy atom. The van der Waals surface area contributed by atoms with Gasteiger partial charge in [0.15, 0.2) is 5.13 Å². The molecule has 0 saturated heterocycles. The second-order valence-electron chi connectivity index (χ2n) is 8.46. The highest BCUT2D eigenvalue weighted by molar-refractivity contribution is 7.22. The van der Waals surface area contributed by atoms with E-state index in [0.717, 1.165) is 48.4 Å². The number of alkyl halides is 3. The standard InChI is InChI=1S/C26H16F4N4O3S/c27-18-7-6-16(11-20(18)32-24(36)14-2-1-3-15(10-14)26(28,29)30)37-21-9-8-19-22(17(21)12-31)38-25(33-19)34-23(35)13-4-5-13/h1-3,6-11,13H,4-5H2,(H,32,36)(H,33,34,35). The van der Waals surface area contributed by atoms with Gasteiger partial charge in [0.25, 0.3) is 5.91 Å². The van der Waals surface area contributed by atoms with Gasteiger partial charge < -0.3 is 15.4 Å². The molecule has 12 heteroatoms. The van der Waals surface area contributed by atoms with Crippen molar-refractivity contribution in [1.29, 1.82) is 5.26 Å². The highest BCUT2D eigenvalue weighted by Crippen LogP contribution is 2.38. The first-order chi connectivity index (χ1) is 18.1. The van der Waals surface area contributed by atoms with Gasteiger partial charge in [0.2, 0.25) is 5.91 Å². The minimum atomic E-state index is -4.64. The molecule has 1 aliphatic carbocycles. The lowest BCUT2D eigenvalue weighted by molar-refractivity contribution is -0.137. The van der Waals surface area contributed by atoms with Crippen molar-refractivity contribution in [3.05, 3.63) is 77.1 Å². The fraction of sp³-hybridized carbons (Fsp3) is 0.154. The average Bonchev–Trinajstić information content (AvgIpc) is 3.66. The van der Waals surface area contributed by atoms with Crippen LogP contribution in [0.25, 0.3) is 10.2 Å². The van der Waals surface area contributed by atoms with Crippen molar-refractivity contribution in [3.8, 4) is 17.6 Å². The second kappa shape index (κ2) is 9.75. The van der Waals surface area contributed by atoms with Crippen molar-refractivity contribution in [2.45, 2.75) is 19.0 Å². The molecule has 1 aromatic heterocycles. The van der Waals surface area contributed by atoms with Gasteiger partial charge in [0, 0.05) is 17.5 Å². The SMILES string of the molecule is N#Cc1c(Oc2ccc(F)c(NC(=O)c3cccc(C(F)(F)F)c3)c2)ccc2nc(NC(=O)C3CC3)sc12. The third kappa shape index (κ3) is 5.28. The molecule has 1 fully saturated rings. The van der Waals surface area contributed by atoms with Crippen molar-refractivity contribution in [3.63, 3.8) is 0 Å². The summed E-state index contributed by atoms with van der Waals surface area (Å²) in [5.74, 6) is -1.73. The maximum Gasteiger partial charge on any atom is 0.416 e. The number of aromatic nitrogens is 1. The quantitative estimate of drug-likeness (QED) is 0.264. The molecule has 2 N–H and O–H groups in total. The Hall–Kier alpha value is -4.50. The number of nitriles is 1. The molecular weight excluding hydrogens is 524 g/mol. The number of ether oxygens (including phenoxy) is 1. The van der Waals surface area contributed by atoms with Crippen LogP contribution in [0.5, 0.6) is 11.5 Å². The summed E-state index contributed by atoms with van der Waals surface area (Å²) in [6.45, 7) is 0. The molecule has 3 aromatic carbocycles. The topological polar surface area (TPSA) is 104 Å². The molecule has 0 radical (unpaired) electrons. The van der Waals surface area contributed by atoms with Gasteiger partial charge in [-0.25, -0.2) is 9.37 Å². The highest BCUT2D eigenvalue weighted by atomic mass is 32.1. The summed E-state index contributed by atoms with van der Waals surface area (Å²) in [4.78, 5) is 28.9. The van der Waals surface area contributed by atoms with Crippen molar-refractivity contribution in [1.82, 2.24) is 4.98 Å². The number of nitrogens with zero attached hydrogens (tertiary/aromatic N) is 2. The van der Waals surface area contributed by atoms with Crippen molar-refractivity contribution < 1.29 is 31.9 Å². The van der Waals surface area contributed by atoms with E-state index in [2.05, 4.69) is 21.7 Å². The molecule has 4 aromatic rings. The second-order valence-corrected chi connectivity index (χ2v) is 9.46. The van der Waals surface area contributed by atoms with Crippen LogP contribution in [0.3, 0.4) is 0 Å². The molecule has 0 aliphatic heterocycles. The van der Waals surface area contributed by atoms with Crippen LogP contribution in [0.15, 0.2) is 54.6 Å². The van der Waals surface area contributed by atoms with E-state index in [-0.39, 0.29) is 40.1 Å². The number of carbonyl (C=O) groups excluding carboxylic acids is 2. The lowest BCUT2D eigenvalue weighted by Gasteiger charge is -2.12. The Balaban J connectivity index is 1.38. The predicted molar refractivity (Wildman–Crippen MR) is 132 cm³/mol. The van der Waals surface area contributed by atoms with E-state index in [9.17, 15) is 32.4 Å². The fourth-order valence-corrected chi connectivity index (χ4v) is 4.55. The Morgan fingerprint density at radius 1 is 1.08 bits per heavy atom. The van der Waals surface area contributed by atoms with Gasteiger partial charge in [0.05, 0.1) is 21.5 Å². The molecule has 0 unspecified atom stereocenters. The number of rotatable bonds is 6. The molecular formula is C26H16F4N4O3S. The van der Waals surface area contributed by atoms with Crippen LogP contribution < -0.4 is 15.4 Å². The molecule has 7 nitrogen and oxygen atoms in total. The van der Waals surface area contributed by atoms with Gasteiger partial charge in [-0.3, -0.25) is 9.59 Å². The van der Waals surface area contributed by atoms with Crippen LogP contribution in [0.4, 0.5) is 28.4 Å². The Labute approximate surface area is 216 Å². The maximum atomic E-state index is 14.4. The van der Waals surface area contributed by atoms with Crippen LogP contribution in [-0.4, -0.2) is 16.8 Å². The molecule has 0 atom stereocenters. The minimum Gasteiger partial charge on any atom is -0.456 e. The van der Waals surface area contributed by atoms with Crippen LogP contribution >= 0.6 is 11.3 Å². The smallest absolute Gasteiger partial charge is 0.416 e. The fourth-order valence-electron chi connectivity index (χ4n) is 3.59. The number of thiazole rings is 1. The summed E-state index contributed by atoms with van der Waals surface area (Å²) < 4.78 is 59.7. The normalized spacial score (nSPS) is 13.1. The van der Waals surface area contributed by atoms with Crippen LogP contribution in [0.2, 0.25) is 0 Å². The zero-order valence-corrected chi connectivity index (χ0v) is 20.0. The lowest BCUT2D eigenvalue weighted by atomic mass is 10.1. The van der Waals surface area contributed by atoms with Gasteiger partial charge in [-0.05, 0) is 55.3 Å². The summed E-state index contributed by atoms with van der Waals surface area (Å²) in [6.07, 6.45) is -2.98. The largest absolute Gasteiger partial charge is 0.456 e. The average molecular weight is 540 g/mol. The molecule has 0 spiro atoms. The van der Waals surface area contributed by atoms with Crippen molar-refractivity contribution in [2.75, 3.05) is 10.6 Å². The minimum absolute atomic E-state index is 0.0157. The van der Waals surface area contributed by atoms with E-state index >= 15 is 0 Å². The molecule has 5 rings (SSSR count). The van der Waals surface area contributed by atoms with Crippen LogP contribution in [0, 0.1) is 23.1 Å². The van der Waals surface area contributed by atoms with E-state index in [1.54, 1.807) is 6.07 Å².